The SMILES string of the molecule is O=C(N/N=C/c1cccc([N+](=O)[O-])c1O)c1ccc2c(c1)OCCO2. The van der Waals surface area contributed by atoms with Gasteiger partial charge in [0.1, 0.15) is 13.2 Å². The van der Waals surface area contributed by atoms with Gasteiger partial charge in [-0.25, -0.2) is 5.43 Å². The van der Waals surface area contributed by atoms with Gasteiger partial charge in [-0.15, -0.1) is 0 Å². The Morgan fingerprint density at radius 3 is 2.76 bits per heavy atom. The van der Waals surface area contributed by atoms with Gasteiger partial charge >= 0.3 is 5.69 Å². The first-order valence-corrected chi connectivity index (χ1v) is 7.25. The Morgan fingerprint density at radius 1 is 1.24 bits per heavy atom. The van der Waals surface area contributed by atoms with Crippen LogP contribution in [-0.4, -0.2) is 35.4 Å². The number of hydrogen-bond donors (Lipinski definition) is 2. The van der Waals surface area contributed by atoms with E-state index in [4.69, 9.17) is 9.47 Å². The molecule has 0 radical (unpaired) electrons. The summed E-state index contributed by atoms with van der Waals surface area (Å²) in [7, 11) is 0. The molecule has 0 spiro atoms. The lowest BCUT2D eigenvalue weighted by Crippen LogP contribution is -2.19. The summed E-state index contributed by atoms with van der Waals surface area (Å²) >= 11 is 0. The predicted octanol–water partition coefficient (Wildman–Crippen LogP) is 1.84. The molecule has 0 atom stereocenters. The van der Waals surface area contributed by atoms with Gasteiger partial charge in [-0.3, -0.25) is 14.9 Å². The van der Waals surface area contributed by atoms with Crippen molar-refractivity contribution >= 4 is 17.8 Å². The van der Waals surface area contributed by atoms with E-state index in [1.54, 1.807) is 12.1 Å². The quantitative estimate of drug-likeness (QED) is 0.496. The van der Waals surface area contributed by atoms with Gasteiger partial charge in [0.25, 0.3) is 5.91 Å². The Morgan fingerprint density at radius 2 is 2.00 bits per heavy atom. The van der Waals surface area contributed by atoms with Crippen molar-refractivity contribution in [2.45, 2.75) is 0 Å². The number of aromatic hydroxyl groups is 1. The van der Waals surface area contributed by atoms with Crippen molar-refractivity contribution in [2.75, 3.05) is 13.2 Å². The number of hydrazone groups is 1. The van der Waals surface area contributed by atoms with Crippen molar-refractivity contribution in [3.05, 3.63) is 57.6 Å². The molecule has 1 heterocycles. The van der Waals surface area contributed by atoms with E-state index in [-0.39, 0.29) is 5.56 Å². The zero-order valence-corrected chi connectivity index (χ0v) is 12.8. The van der Waals surface area contributed by atoms with Crippen LogP contribution in [0, 0.1) is 10.1 Å². The number of fused-ring (bicyclic) bond motifs is 1. The third-order valence-corrected chi connectivity index (χ3v) is 3.42. The van der Waals surface area contributed by atoms with Crippen molar-refractivity contribution < 1.29 is 24.3 Å². The van der Waals surface area contributed by atoms with Crippen LogP contribution in [0.3, 0.4) is 0 Å². The maximum absolute atomic E-state index is 12.1. The van der Waals surface area contributed by atoms with Gasteiger partial charge in [-0.05, 0) is 24.3 Å². The molecule has 9 heteroatoms. The first-order chi connectivity index (χ1) is 12.1. The molecule has 1 aliphatic heterocycles. The topological polar surface area (TPSA) is 123 Å². The van der Waals surface area contributed by atoms with Crippen molar-refractivity contribution in [2.24, 2.45) is 5.10 Å². The van der Waals surface area contributed by atoms with Gasteiger partial charge in [0.05, 0.1) is 11.1 Å². The zero-order chi connectivity index (χ0) is 17.8. The summed E-state index contributed by atoms with van der Waals surface area (Å²) < 4.78 is 10.8. The average Bonchev–Trinajstić information content (AvgIpc) is 2.62. The molecular weight excluding hydrogens is 330 g/mol. The molecule has 0 bridgehead atoms. The number of carbonyl (C=O) groups is 1. The average molecular weight is 343 g/mol. The van der Waals surface area contributed by atoms with Crippen LogP contribution < -0.4 is 14.9 Å². The van der Waals surface area contributed by atoms with Crippen molar-refractivity contribution in [1.82, 2.24) is 5.43 Å². The van der Waals surface area contributed by atoms with Crippen LogP contribution in [0.2, 0.25) is 0 Å². The second-order valence-electron chi connectivity index (χ2n) is 5.03. The second-order valence-corrected chi connectivity index (χ2v) is 5.03. The number of phenols is 1. The van der Waals surface area contributed by atoms with Crippen molar-refractivity contribution in [3.8, 4) is 17.2 Å². The molecule has 1 amide bonds. The third-order valence-electron chi connectivity index (χ3n) is 3.42. The number of rotatable bonds is 4. The summed E-state index contributed by atoms with van der Waals surface area (Å²) in [5.41, 5.74) is 2.26. The number of nitro groups is 1. The Kier molecular flexibility index (Phi) is 4.46. The van der Waals surface area contributed by atoms with E-state index in [2.05, 4.69) is 10.5 Å². The highest BCUT2D eigenvalue weighted by atomic mass is 16.6. The summed E-state index contributed by atoms with van der Waals surface area (Å²) in [6.07, 6.45) is 1.12. The predicted molar refractivity (Wildman–Crippen MR) is 87.3 cm³/mol. The summed E-state index contributed by atoms with van der Waals surface area (Å²) in [6, 6.07) is 8.72. The number of amides is 1. The van der Waals surface area contributed by atoms with Gasteiger partial charge in [0.2, 0.25) is 5.75 Å². The minimum absolute atomic E-state index is 0.108. The summed E-state index contributed by atoms with van der Waals surface area (Å²) in [5, 5.41) is 24.3. The second kappa shape index (κ2) is 6.87. The Bertz CT molecular complexity index is 865. The van der Waals surface area contributed by atoms with Gasteiger partial charge < -0.3 is 14.6 Å². The fourth-order valence-corrected chi connectivity index (χ4v) is 2.21. The molecule has 3 rings (SSSR count). The Hall–Kier alpha value is -3.62. The lowest BCUT2D eigenvalue weighted by atomic mass is 10.2. The number of benzene rings is 2. The highest BCUT2D eigenvalue weighted by Crippen LogP contribution is 2.31. The summed E-state index contributed by atoms with van der Waals surface area (Å²) in [6.45, 7) is 0.859. The van der Waals surface area contributed by atoms with Crippen molar-refractivity contribution in [1.29, 1.82) is 0 Å². The van der Waals surface area contributed by atoms with E-state index in [9.17, 15) is 20.0 Å². The fourth-order valence-electron chi connectivity index (χ4n) is 2.21. The third kappa shape index (κ3) is 3.50. The molecule has 0 unspecified atom stereocenters. The van der Waals surface area contributed by atoms with Crippen LogP contribution in [0.1, 0.15) is 15.9 Å². The number of nitrogens with one attached hydrogen (secondary N) is 1. The van der Waals surface area contributed by atoms with E-state index in [0.717, 1.165) is 6.21 Å². The van der Waals surface area contributed by atoms with Crippen LogP contribution in [0.5, 0.6) is 17.2 Å². The lowest BCUT2D eigenvalue weighted by molar-refractivity contribution is -0.385. The van der Waals surface area contributed by atoms with Crippen molar-refractivity contribution in [3.63, 3.8) is 0 Å². The maximum Gasteiger partial charge on any atom is 0.311 e. The molecule has 0 aromatic heterocycles. The molecule has 0 saturated heterocycles. The fraction of sp³-hybridized carbons (Fsp3) is 0.125. The largest absolute Gasteiger partial charge is 0.502 e. The maximum atomic E-state index is 12.1. The molecule has 2 aromatic rings. The molecule has 0 fully saturated rings. The van der Waals surface area contributed by atoms with E-state index in [1.807, 2.05) is 0 Å². The molecule has 0 saturated carbocycles. The normalized spacial score (nSPS) is 12.8. The number of ether oxygens (including phenoxy) is 2. The summed E-state index contributed by atoms with van der Waals surface area (Å²) in [5.74, 6) is 0.00926. The van der Waals surface area contributed by atoms with Gasteiger partial charge in [-0.1, -0.05) is 6.07 Å². The minimum Gasteiger partial charge on any atom is -0.502 e. The number of phenolic OH excluding ortho intramolecular Hbond substituents is 1. The van der Waals surface area contributed by atoms with Crippen LogP contribution in [-0.2, 0) is 0 Å². The lowest BCUT2D eigenvalue weighted by Gasteiger charge is -2.18. The number of para-hydroxylation sites is 1. The molecule has 25 heavy (non-hydrogen) atoms. The molecule has 9 nitrogen and oxygen atoms in total. The number of nitro benzene ring substituents is 1. The van der Waals surface area contributed by atoms with Crippen LogP contribution in [0.25, 0.3) is 0 Å². The molecule has 2 N–H and O–H groups in total. The highest BCUT2D eigenvalue weighted by molar-refractivity contribution is 5.95. The monoisotopic (exact) mass is 343 g/mol. The first-order valence-electron chi connectivity index (χ1n) is 7.25. The number of hydrogen-bond acceptors (Lipinski definition) is 7. The standard InChI is InChI=1S/C16H13N3O6/c20-15-11(2-1-3-12(15)19(22)23)9-17-18-16(21)10-4-5-13-14(8-10)25-7-6-24-13/h1-5,8-9,20H,6-7H2,(H,18,21)/b17-9+. The highest BCUT2D eigenvalue weighted by Gasteiger charge is 2.16. The minimum atomic E-state index is -0.708. The molecular formula is C16H13N3O6. The van der Waals surface area contributed by atoms with Crippen LogP contribution in [0.15, 0.2) is 41.5 Å². The molecule has 0 aliphatic carbocycles. The number of nitrogens with zero attached hydrogens (tertiary/aromatic N) is 2. The Balaban J connectivity index is 1.71. The van der Waals surface area contributed by atoms with Crippen LogP contribution >= 0.6 is 0 Å². The molecule has 128 valence electrons. The number of carbonyl (C=O) groups excluding carboxylic acids is 1. The van der Waals surface area contributed by atoms with Gasteiger partial charge in [0.15, 0.2) is 11.5 Å². The van der Waals surface area contributed by atoms with Gasteiger partial charge in [-0.2, -0.15) is 5.10 Å². The first kappa shape index (κ1) is 16.2. The molecule has 1 aliphatic rings. The van der Waals surface area contributed by atoms with E-state index in [1.165, 1.54) is 24.3 Å². The van der Waals surface area contributed by atoms with E-state index in [0.29, 0.717) is 30.3 Å². The smallest absolute Gasteiger partial charge is 0.311 e. The van der Waals surface area contributed by atoms with Crippen LogP contribution in [0.4, 0.5) is 5.69 Å². The molecule has 2 aromatic carbocycles. The van der Waals surface area contributed by atoms with Gasteiger partial charge in [0, 0.05) is 17.2 Å². The Labute approximate surface area is 141 Å². The zero-order valence-electron chi connectivity index (χ0n) is 12.8. The van der Waals surface area contributed by atoms with E-state index >= 15 is 0 Å². The summed E-state index contributed by atoms with van der Waals surface area (Å²) in [4.78, 5) is 22.1. The van der Waals surface area contributed by atoms with E-state index < -0.39 is 22.3 Å².